The smallest absolute Gasteiger partial charge is 0.475 e. The van der Waals surface area contributed by atoms with E-state index in [1.54, 1.807) is 0 Å². The van der Waals surface area contributed by atoms with E-state index in [9.17, 15) is 18.0 Å². The van der Waals surface area contributed by atoms with Crippen molar-refractivity contribution in [3.63, 3.8) is 0 Å². The van der Waals surface area contributed by atoms with Gasteiger partial charge in [0.25, 0.3) is 0 Å². The van der Waals surface area contributed by atoms with Gasteiger partial charge in [-0.25, -0.2) is 9.59 Å². The SMILES string of the molecule is O=C(Nc1ccccc1)N1CCC(Cn2cc(CN3CCCOCC3)nn2)CC1.O=C(O)C(F)(F)F. The molecular formula is C23H31F3N6O4. The summed E-state index contributed by atoms with van der Waals surface area (Å²) in [5.74, 6) is -2.23. The standard InChI is InChI=1S/C21H30N6O2.C2HF3O2/c28-21(22-19-5-2-1-3-6-19)26-10-7-18(8-11-26)15-27-17-20(23-24-27)16-25-9-4-13-29-14-12-25;3-2(4,5)1(6)7/h1-3,5-6,17-18H,4,7-16H2,(H,22,28);(H,6,7). The van der Waals surface area contributed by atoms with Crippen LogP contribution < -0.4 is 5.32 Å². The van der Waals surface area contributed by atoms with Gasteiger partial charge in [-0.05, 0) is 37.3 Å². The maximum absolute atomic E-state index is 12.4. The predicted octanol–water partition coefficient (Wildman–Crippen LogP) is 3.08. The van der Waals surface area contributed by atoms with Gasteiger partial charge in [-0.3, -0.25) is 9.58 Å². The third-order valence-electron chi connectivity index (χ3n) is 5.90. The number of carboxylic acid groups (broad SMARTS) is 1. The number of nitrogens with zero attached hydrogens (tertiary/aromatic N) is 5. The van der Waals surface area contributed by atoms with Gasteiger partial charge >= 0.3 is 18.2 Å². The number of benzene rings is 1. The Morgan fingerprint density at radius 2 is 1.78 bits per heavy atom. The van der Waals surface area contributed by atoms with E-state index >= 15 is 0 Å². The zero-order valence-corrected chi connectivity index (χ0v) is 19.9. The number of hydrogen-bond acceptors (Lipinski definition) is 6. The molecule has 4 rings (SSSR count). The zero-order chi connectivity index (χ0) is 26.0. The molecule has 2 amide bonds. The van der Waals surface area contributed by atoms with Crippen LogP contribution in [0.15, 0.2) is 36.5 Å². The summed E-state index contributed by atoms with van der Waals surface area (Å²) in [5.41, 5.74) is 1.86. The molecule has 0 atom stereocenters. The van der Waals surface area contributed by atoms with Crippen LogP contribution in [0, 0.1) is 5.92 Å². The number of aromatic nitrogens is 3. The van der Waals surface area contributed by atoms with Crippen molar-refractivity contribution < 1.29 is 32.6 Å². The van der Waals surface area contributed by atoms with Crippen LogP contribution in [0.3, 0.4) is 0 Å². The van der Waals surface area contributed by atoms with Crippen molar-refractivity contribution in [1.29, 1.82) is 0 Å². The van der Waals surface area contributed by atoms with Gasteiger partial charge in [-0.1, -0.05) is 23.4 Å². The number of para-hydroxylation sites is 1. The molecule has 2 N–H and O–H groups in total. The van der Waals surface area contributed by atoms with Crippen molar-refractivity contribution in [1.82, 2.24) is 24.8 Å². The average molecular weight is 513 g/mol. The Balaban J connectivity index is 0.000000454. The minimum Gasteiger partial charge on any atom is -0.475 e. The summed E-state index contributed by atoms with van der Waals surface area (Å²) >= 11 is 0. The highest BCUT2D eigenvalue weighted by Crippen LogP contribution is 2.20. The van der Waals surface area contributed by atoms with E-state index in [2.05, 4.69) is 26.7 Å². The van der Waals surface area contributed by atoms with E-state index in [0.717, 1.165) is 83.1 Å². The van der Waals surface area contributed by atoms with Crippen molar-refractivity contribution >= 4 is 17.7 Å². The van der Waals surface area contributed by atoms with Gasteiger partial charge in [0.05, 0.1) is 12.3 Å². The van der Waals surface area contributed by atoms with Crippen LogP contribution in [0.1, 0.15) is 25.0 Å². The first-order valence-corrected chi connectivity index (χ1v) is 11.8. The van der Waals surface area contributed by atoms with Crippen LogP contribution in [0.5, 0.6) is 0 Å². The summed E-state index contributed by atoms with van der Waals surface area (Å²) in [5, 5.41) is 18.8. The largest absolute Gasteiger partial charge is 0.490 e. The van der Waals surface area contributed by atoms with Gasteiger partial charge in [0, 0.05) is 57.8 Å². The Morgan fingerprint density at radius 3 is 2.44 bits per heavy atom. The first-order valence-electron chi connectivity index (χ1n) is 11.8. The van der Waals surface area contributed by atoms with E-state index in [1.165, 1.54) is 0 Å². The molecule has 2 aliphatic heterocycles. The molecular weight excluding hydrogens is 481 g/mol. The molecule has 0 aliphatic carbocycles. The number of alkyl halides is 3. The lowest BCUT2D eigenvalue weighted by atomic mass is 9.97. The Bertz CT molecular complexity index is 956. The summed E-state index contributed by atoms with van der Waals surface area (Å²) in [4.78, 5) is 25.6. The molecule has 2 fully saturated rings. The number of aliphatic carboxylic acids is 1. The lowest BCUT2D eigenvalue weighted by Gasteiger charge is -2.31. The second-order valence-corrected chi connectivity index (χ2v) is 8.70. The number of urea groups is 1. The summed E-state index contributed by atoms with van der Waals surface area (Å²) in [6.45, 7) is 6.91. The molecule has 10 nitrogen and oxygen atoms in total. The number of likely N-dealkylation sites (tertiary alicyclic amines) is 1. The van der Waals surface area contributed by atoms with E-state index in [0.29, 0.717) is 5.92 Å². The van der Waals surface area contributed by atoms with Crippen molar-refractivity contribution in [2.24, 2.45) is 5.92 Å². The Hall–Kier alpha value is -3.19. The normalized spacial score (nSPS) is 17.6. The van der Waals surface area contributed by atoms with Gasteiger partial charge in [0.15, 0.2) is 0 Å². The highest BCUT2D eigenvalue weighted by atomic mass is 19.4. The van der Waals surface area contributed by atoms with Gasteiger partial charge in [-0.15, -0.1) is 5.10 Å². The molecule has 2 aliphatic rings. The Labute approximate surface area is 207 Å². The molecule has 198 valence electrons. The first-order chi connectivity index (χ1) is 17.2. The molecule has 1 aromatic heterocycles. The average Bonchev–Trinajstić information content (AvgIpc) is 3.11. The number of rotatable bonds is 5. The number of anilines is 1. The lowest BCUT2D eigenvalue weighted by molar-refractivity contribution is -0.192. The molecule has 0 radical (unpaired) electrons. The minimum atomic E-state index is -5.08. The Morgan fingerprint density at radius 1 is 1.08 bits per heavy atom. The maximum atomic E-state index is 12.4. The molecule has 2 aromatic rings. The minimum absolute atomic E-state index is 0.0147. The number of amides is 2. The topological polar surface area (TPSA) is 113 Å². The summed E-state index contributed by atoms with van der Waals surface area (Å²) < 4.78 is 39.2. The number of carbonyl (C=O) groups excluding carboxylic acids is 1. The van der Waals surface area contributed by atoms with Crippen LogP contribution in [0.4, 0.5) is 23.7 Å². The molecule has 2 saturated heterocycles. The van der Waals surface area contributed by atoms with Gasteiger partial charge in [0.2, 0.25) is 0 Å². The van der Waals surface area contributed by atoms with E-state index in [-0.39, 0.29) is 6.03 Å². The fraction of sp³-hybridized carbons (Fsp3) is 0.565. The Kier molecular flexibility index (Phi) is 10.1. The monoisotopic (exact) mass is 512 g/mol. The molecule has 0 unspecified atom stereocenters. The van der Waals surface area contributed by atoms with Crippen molar-refractivity contribution in [2.75, 3.05) is 44.7 Å². The number of ether oxygens (including phenoxy) is 1. The van der Waals surface area contributed by atoms with Crippen LogP contribution in [0.2, 0.25) is 0 Å². The summed E-state index contributed by atoms with van der Waals surface area (Å²) in [6.07, 6.45) is 0.0343. The fourth-order valence-corrected chi connectivity index (χ4v) is 3.99. The fourth-order valence-electron chi connectivity index (χ4n) is 3.99. The lowest BCUT2D eigenvalue weighted by Crippen LogP contribution is -2.41. The molecule has 36 heavy (non-hydrogen) atoms. The first kappa shape index (κ1) is 27.4. The highest BCUT2D eigenvalue weighted by Gasteiger charge is 2.38. The van der Waals surface area contributed by atoms with Crippen LogP contribution in [-0.2, 0) is 22.6 Å². The van der Waals surface area contributed by atoms with Crippen LogP contribution >= 0.6 is 0 Å². The van der Waals surface area contributed by atoms with E-state index < -0.39 is 12.1 Å². The maximum Gasteiger partial charge on any atom is 0.490 e. The third kappa shape index (κ3) is 9.11. The second kappa shape index (κ2) is 13.2. The number of nitrogens with one attached hydrogen (secondary N) is 1. The van der Waals surface area contributed by atoms with Gasteiger partial charge in [0.1, 0.15) is 0 Å². The summed E-state index contributed by atoms with van der Waals surface area (Å²) in [6, 6.07) is 9.60. The molecule has 13 heteroatoms. The van der Waals surface area contributed by atoms with Crippen LogP contribution in [0.25, 0.3) is 0 Å². The van der Waals surface area contributed by atoms with Crippen molar-refractivity contribution in [3.05, 3.63) is 42.2 Å². The third-order valence-corrected chi connectivity index (χ3v) is 5.90. The van der Waals surface area contributed by atoms with Crippen molar-refractivity contribution in [2.45, 2.75) is 38.5 Å². The molecule has 3 heterocycles. The van der Waals surface area contributed by atoms with E-state index in [4.69, 9.17) is 14.6 Å². The summed E-state index contributed by atoms with van der Waals surface area (Å²) in [7, 11) is 0. The number of carboxylic acids is 1. The number of piperidine rings is 1. The zero-order valence-electron chi connectivity index (χ0n) is 19.9. The molecule has 0 bridgehead atoms. The van der Waals surface area contributed by atoms with Crippen molar-refractivity contribution in [3.8, 4) is 0 Å². The predicted molar refractivity (Wildman–Crippen MR) is 124 cm³/mol. The van der Waals surface area contributed by atoms with Gasteiger partial charge < -0.3 is 20.1 Å². The molecule has 0 saturated carbocycles. The van der Waals surface area contributed by atoms with E-state index in [1.807, 2.05) is 39.9 Å². The number of halogens is 3. The molecule has 1 aromatic carbocycles. The van der Waals surface area contributed by atoms with Gasteiger partial charge in [-0.2, -0.15) is 13.2 Å². The molecule has 0 spiro atoms. The number of carbonyl (C=O) groups is 2. The quantitative estimate of drug-likeness (QED) is 0.633. The number of hydrogen-bond donors (Lipinski definition) is 2. The highest BCUT2D eigenvalue weighted by molar-refractivity contribution is 5.89. The van der Waals surface area contributed by atoms with Crippen LogP contribution in [-0.4, -0.2) is 87.5 Å². The second-order valence-electron chi connectivity index (χ2n) is 8.70.